The molecule has 2 aromatic rings. The van der Waals surface area contributed by atoms with E-state index in [0.717, 1.165) is 12.0 Å². The summed E-state index contributed by atoms with van der Waals surface area (Å²) in [5.41, 5.74) is 1.60. The Morgan fingerprint density at radius 2 is 1.72 bits per heavy atom. The van der Waals surface area contributed by atoms with Crippen molar-refractivity contribution in [2.75, 3.05) is 0 Å². The van der Waals surface area contributed by atoms with Gasteiger partial charge in [-0.05, 0) is 42.2 Å². The van der Waals surface area contributed by atoms with Crippen LogP contribution in [0.15, 0.2) is 48.5 Å². The summed E-state index contributed by atoms with van der Waals surface area (Å²) in [6.45, 7) is 3.81. The van der Waals surface area contributed by atoms with Crippen LogP contribution in [0.25, 0.3) is 0 Å². The van der Waals surface area contributed by atoms with Gasteiger partial charge >= 0.3 is 0 Å². The Hall–Kier alpha value is -1.67. The lowest BCUT2D eigenvalue weighted by atomic mass is 9.87. The van der Waals surface area contributed by atoms with Crippen LogP contribution in [-0.2, 0) is 12.0 Å². The Labute approximate surface area is 107 Å². The standard InChI is InChI=1S/C16H17FO/c1-3-12-5-4-6-14(11-12)16(2,18)13-7-9-15(17)10-8-13/h4-11,18H,3H2,1-2H3. The van der Waals surface area contributed by atoms with Crippen molar-refractivity contribution in [2.24, 2.45) is 0 Å². The van der Waals surface area contributed by atoms with Crippen LogP contribution in [0.1, 0.15) is 30.5 Å². The summed E-state index contributed by atoms with van der Waals surface area (Å²) < 4.78 is 12.9. The van der Waals surface area contributed by atoms with E-state index in [2.05, 4.69) is 6.92 Å². The topological polar surface area (TPSA) is 20.2 Å². The lowest BCUT2D eigenvalue weighted by Crippen LogP contribution is -2.22. The third kappa shape index (κ3) is 2.44. The molecule has 0 aliphatic heterocycles. The zero-order valence-electron chi connectivity index (χ0n) is 10.7. The van der Waals surface area contributed by atoms with Gasteiger partial charge in [0.15, 0.2) is 0 Å². The highest BCUT2D eigenvalue weighted by atomic mass is 19.1. The van der Waals surface area contributed by atoms with E-state index in [1.807, 2.05) is 24.3 Å². The van der Waals surface area contributed by atoms with E-state index >= 15 is 0 Å². The van der Waals surface area contributed by atoms with E-state index in [1.165, 1.54) is 17.7 Å². The first kappa shape index (κ1) is 12.8. The van der Waals surface area contributed by atoms with Gasteiger partial charge in [-0.2, -0.15) is 0 Å². The molecule has 1 unspecified atom stereocenters. The second kappa shape index (κ2) is 4.91. The molecule has 2 aromatic carbocycles. The van der Waals surface area contributed by atoms with Crippen molar-refractivity contribution in [1.82, 2.24) is 0 Å². The van der Waals surface area contributed by atoms with Crippen molar-refractivity contribution in [3.8, 4) is 0 Å². The minimum Gasteiger partial charge on any atom is -0.381 e. The van der Waals surface area contributed by atoms with Crippen LogP contribution >= 0.6 is 0 Å². The molecule has 1 N–H and O–H groups in total. The number of aryl methyl sites for hydroxylation is 1. The maximum Gasteiger partial charge on any atom is 0.123 e. The smallest absolute Gasteiger partial charge is 0.123 e. The fraction of sp³-hybridized carbons (Fsp3) is 0.250. The number of hydrogen-bond donors (Lipinski definition) is 1. The Balaban J connectivity index is 2.43. The molecular formula is C16H17FO. The van der Waals surface area contributed by atoms with E-state index < -0.39 is 5.60 Å². The SMILES string of the molecule is CCc1cccc(C(C)(O)c2ccc(F)cc2)c1. The van der Waals surface area contributed by atoms with Crippen LogP contribution in [0, 0.1) is 5.82 Å². The van der Waals surface area contributed by atoms with Gasteiger partial charge in [0.05, 0.1) is 0 Å². The molecule has 0 aliphatic rings. The largest absolute Gasteiger partial charge is 0.381 e. The van der Waals surface area contributed by atoms with Gasteiger partial charge in [0.2, 0.25) is 0 Å². The molecule has 94 valence electrons. The summed E-state index contributed by atoms with van der Waals surface area (Å²) in [6.07, 6.45) is 0.924. The number of aliphatic hydroxyl groups is 1. The molecule has 2 heteroatoms. The minimum atomic E-state index is -1.10. The fourth-order valence-corrected chi connectivity index (χ4v) is 2.04. The molecule has 0 radical (unpaired) electrons. The van der Waals surface area contributed by atoms with Gasteiger partial charge in [-0.15, -0.1) is 0 Å². The highest BCUT2D eigenvalue weighted by Gasteiger charge is 2.25. The zero-order valence-corrected chi connectivity index (χ0v) is 10.7. The molecule has 0 spiro atoms. The fourth-order valence-electron chi connectivity index (χ4n) is 2.04. The molecule has 0 aliphatic carbocycles. The Kier molecular flexibility index (Phi) is 3.48. The van der Waals surface area contributed by atoms with Crippen LogP contribution in [0.5, 0.6) is 0 Å². The van der Waals surface area contributed by atoms with Crippen LogP contribution in [0.3, 0.4) is 0 Å². The molecular weight excluding hydrogens is 227 g/mol. The second-order valence-corrected chi connectivity index (χ2v) is 4.63. The molecule has 0 bridgehead atoms. The number of rotatable bonds is 3. The first-order chi connectivity index (χ1) is 8.54. The summed E-state index contributed by atoms with van der Waals surface area (Å²) in [5.74, 6) is -0.295. The molecule has 18 heavy (non-hydrogen) atoms. The predicted octanol–water partition coefficient (Wildman–Crippen LogP) is 3.64. The van der Waals surface area contributed by atoms with E-state index in [0.29, 0.717) is 5.56 Å². The molecule has 0 heterocycles. The number of hydrogen-bond acceptors (Lipinski definition) is 1. The monoisotopic (exact) mass is 244 g/mol. The summed E-state index contributed by atoms with van der Waals surface area (Å²) >= 11 is 0. The summed E-state index contributed by atoms with van der Waals surface area (Å²) in [6, 6.07) is 13.8. The molecule has 0 saturated carbocycles. The van der Waals surface area contributed by atoms with Gasteiger partial charge in [-0.1, -0.05) is 43.3 Å². The van der Waals surface area contributed by atoms with Crippen molar-refractivity contribution in [1.29, 1.82) is 0 Å². The first-order valence-corrected chi connectivity index (χ1v) is 6.12. The van der Waals surface area contributed by atoms with Crippen molar-refractivity contribution in [2.45, 2.75) is 25.9 Å². The van der Waals surface area contributed by atoms with E-state index in [1.54, 1.807) is 19.1 Å². The third-order valence-corrected chi connectivity index (χ3v) is 3.30. The quantitative estimate of drug-likeness (QED) is 0.874. The van der Waals surface area contributed by atoms with Gasteiger partial charge in [-0.3, -0.25) is 0 Å². The van der Waals surface area contributed by atoms with Crippen LogP contribution < -0.4 is 0 Å². The molecule has 2 rings (SSSR count). The Bertz CT molecular complexity index is 529. The number of halogens is 1. The zero-order chi connectivity index (χ0) is 13.2. The van der Waals surface area contributed by atoms with Crippen molar-refractivity contribution in [3.63, 3.8) is 0 Å². The van der Waals surface area contributed by atoms with Crippen molar-refractivity contribution >= 4 is 0 Å². The third-order valence-electron chi connectivity index (χ3n) is 3.30. The van der Waals surface area contributed by atoms with E-state index in [4.69, 9.17) is 0 Å². The lowest BCUT2D eigenvalue weighted by molar-refractivity contribution is 0.102. The average molecular weight is 244 g/mol. The maximum absolute atomic E-state index is 12.9. The summed E-state index contributed by atoms with van der Waals surface area (Å²) in [7, 11) is 0. The lowest BCUT2D eigenvalue weighted by Gasteiger charge is -2.25. The highest BCUT2D eigenvalue weighted by Crippen LogP contribution is 2.29. The van der Waals surface area contributed by atoms with Crippen molar-refractivity contribution < 1.29 is 9.50 Å². The van der Waals surface area contributed by atoms with Gasteiger partial charge in [0, 0.05) is 0 Å². The Morgan fingerprint density at radius 3 is 2.33 bits per heavy atom. The highest BCUT2D eigenvalue weighted by molar-refractivity contribution is 5.37. The molecule has 1 nitrogen and oxygen atoms in total. The van der Waals surface area contributed by atoms with Crippen LogP contribution in [0.2, 0.25) is 0 Å². The van der Waals surface area contributed by atoms with Crippen LogP contribution in [-0.4, -0.2) is 5.11 Å². The predicted molar refractivity (Wildman–Crippen MR) is 70.9 cm³/mol. The van der Waals surface area contributed by atoms with Crippen LogP contribution in [0.4, 0.5) is 4.39 Å². The maximum atomic E-state index is 12.9. The average Bonchev–Trinajstić information content (AvgIpc) is 2.39. The van der Waals surface area contributed by atoms with E-state index in [9.17, 15) is 9.50 Å². The molecule has 1 atom stereocenters. The molecule has 0 amide bonds. The first-order valence-electron chi connectivity index (χ1n) is 6.12. The Morgan fingerprint density at radius 1 is 1.06 bits per heavy atom. The second-order valence-electron chi connectivity index (χ2n) is 4.63. The molecule has 0 saturated heterocycles. The van der Waals surface area contributed by atoms with Gasteiger partial charge in [0.25, 0.3) is 0 Å². The molecule has 0 aromatic heterocycles. The number of benzene rings is 2. The van der Waals surface area contributed by atoms with Gasteiger partial charge < -0.3 is 5.11 Å². The minimum absolute atomic E-state index is 0.295. The van der Waals surface area contributed by atoms with Crippen molar-refractivity contribution in [3.05, 3.63) is 71.0 Å². The summed E-state index contributed by atoms with van der Waals surface area (Å²) in [5, 5.41) is 10.6. The summed E-state index contributed by atoms with van der Waals surface area (Å²) in [4.78, 5) is 0. The normalized spacial score (nSPS) is 14.2. The van der Waals surface area contributed by atoms with Gasteiger partial charge in [-0.25, -0.2) is 4.39 Å². The van der Waals surface area contributed by atoms with E-state index in [-0.39, 0.29) is 5.82 Å². The molecule has 0 fully saturated rings. The van der Waals surface area contributed by atoms with Gasteiger partial charge in [0.1, 0.15) is 11.4 Å².